The Morgan fingerprint density at radius 2 is 1.69 bits per heavy atom. The summed E-state index contributed by atoms with van der Waals surface area (Å²) in [4.78, 5) is 35.5. The Bertz CT molecular complexity index is 1480. The zero-order valence-electron chi connectivity index (χ0n) is 17.2. The highest BCUT2D eigenvalue weighted by Crippen LogP contribution is 2.20. The number of carbonyl (C=O) groups is 1. The minimum absolute atomic E-state index is 0.00558. The molecule has 0 saturated heterocycles. The molecule has 1 amide bonds. The van der Waals surface area contributed by atoms with Crippen LogP contribution in [0.15, 0.2) is 70.4 Å². The van der Waals surface area contributed by atoms with E-state index in [1.807, 2.05) is 0 Å². The fourth-order valence-electron chi connectivity index (χ4n) is 3.27. The molecule has 0 aliphatic carbocycles. The lowest BCUT2D eigenvalue weighted by atomic mass is 10.1. The molecule has 4 aromatic rings. The first-order chi connectivity index (χ1) is 15.2. The topological polar surface area (TPSA) is 134 Å². The van der Waals surface area contributed by atoms with Gasteiger partial charge in [-0.1, -0.05) is 18.2 Å². The summed E-state index contributed by atoms with van der Waals surface area (Å²) in [5.41, 5.74) is 1.40. The van der Waals surface area contributed by atoms with Crippen LogP contribution in [0.5, 0.6) is 0 Å². The van der Waals surface area contributed by atoms with Gasteiger partial charge in [0.25, 0.3) is 15.9 Å². The Morgan fingerprint density at radius 3 is 2.41 bits per heavy atom. The van der Waals surface area contributed by atoms with Gasteiger partial charge in [0, 0.05) is 34.4 Å². The van der Waals surface area contributed by atoms with E-state index >= 15 is 0 Å². The lowest BCUT2D eigenvalue weighted by molar-refractivity contribution is 0.102. The molecular formula is C22H19N5O4S. The van der Waals surface area contributed by atoms with Gasteiger partial charge >= 0.3 is 0 Å². The number of sulfonamides is 1. The van der Waals surface area contributed by atoms with Crippen LogP contribution in [0.1, 0.15) is 21.9 Å². The quantitative estimate of drug-likeness (QED) is 0.429. The van der Waals surface area contributed by atoms with Gasteiger partial charge in [0.05, 0.1) is 10.5 Å². The summed E-state index contributed by atoms with van der Waals surface area (Å²) in [7, 11) is -3.88. The molecule has 0 aliphatic rings. The first kappa shape index (κ1) is 21.2. The van der Waals surface area contributed by atoms with Crippen LogP contribution in [0.2, 0.25) is 0 Å². The van der Waals surface area contributed by atoms with Crippen molar-refractivity contribution in [3.05, 3.63) is 88.1 Å². The maximum Gasteiger partial charge on any atom is 0.263 e. The standard InChI is InChI=1S/C22H19N5O4S/c1-13-11-20(24-14(2)23-13)27-32(30,31)16-9-7-15(8-10-16)25-22(29)18-12-21(28)26-19-6-4-3-5-17(18)19/h3-12H,1-2H3,(H,25,29)(H,26,28)(H,23,24,27). The molecule has 2 heterocycles. The normalized spacial score (nSPS) is 11.3. The van der Waals surface area contributed by atoms with Crippen molar-refractivity contribution in [3.8, 4) is 0 Å². The second-order valence-electron chi connectivity index (χ2n) is 7.12. The van der Waals surface area contributed by atoms with E-state index in [9.17, 15) is 18.0 Å². The lowest BCUT2D eigenvalue weighted by Crippen LogP contribution is -2.17. The van der Waals surface area contributed by atoms with Crippen molar-refractivity contribution in [1.82, 2.24) is 15.0 Å². The molecule has 0 unspecified atom stereocenters. The Hall–Kier alpha value is -4.05. The van der Waals surface area contributed by atoms with E-state index in [1.165, 1.54) is 36.4 Å². The monoisotopic (exact) mass is 449 g/mol. The molecule has 2 aromatic carbocycles. The summed E-state index contributed by atoms with van der Waals surface area (Å²) in [6.07, 6.45) is 0. The summed E-state index contributed by atoms with van der Waals surface area (Å²) >= 11 is 0. The number of para-hydroxylation sites is 1. The first-order valence-corrected chi connectivity index (χ1v) is 11.1. The van der Waals surface area contributed by atoms with Crippen LogP contribution in [-0.4, -0.2) is 29.3 Å². The predicted octanol–water partition coefficient (Wildman–Crippen LogP) is 2.99. The third-order valence-electron chi connectivity index (χ3n) is 4.62. The fourth-order valence-corrected chi connectivity index (χ4v) is 4.27. The van der Waals surface area contributed by atoms with Crippen LogP contribution < -0.4 is 15.6 Å². The van der Waals surface area contributed by atoms with Crippen molar-refractivity contribution in [2.24, 2.45) is 0 Å². The molecule has 0 bridgehead atoms. The molecular weight excluding hydrogens is 430 g/mol. The van der Waals surface area contributed by atoms with E-state index in [1.54, 1.807) is 38.1 Å². The molecule has 0 fully saturated rings. The van der Waals surface area contributed by atoms with Crippen molar-refractivity contribution in [1.29, 1.82) is 0 Å². The molecule has 0 saturated carbocycles. The Labute approximate surface area is 183 Å². The fraction of sp³-hybridized carbons (Fsp3) is 0.0909. The SMILES string of the molecule is Cc1cc(NS(=O)(=O)c2ccc(NC(=O)c3cc(=O)[nH]c4ccccc34)cc2)nc(C)n1. The van der Waals surface area contributed by atoms with Gasteiger partial charge in [0.1, 0.15) is 11.6 Å². The van der Waals surface area contributed by atoms with Crippen LogP contribution in [0, 0.1) is 13.8 Å². The van der Waals surface area contributed by atoms with Gasteiger partial charge in [-0.15, -0.1) is 0 Å². The van der Waals surface area contributed by atoms with Crippen LogP contribution in [0.25, 0.3) is 10.9 Å². The van der Waals surface area contributed by atoms with Gasteiger partial charge in [0.15, 0.2) is 0 Å². The average Bonchev–Trinajstić information content (AvgIpc) is 2.72. The number of pyridine rings is 1. The third kappa shape index (κ3) is 4.49. The van der Waals surface area contributed by atoms with Crippen LogP contribution in [0.3, 0.4) is 0 Å². The maximum absolute atomic E-state index is 12.8. The van der Waals surface area contributed by atoms with Crippen molar-refractivity contribution in [2.45, 2.75) is 18.7 Å². The van der Waals surface area contributed by atoms with Crippen molar-refractivity contribution >= 4 is 38.3 Å². The zero-order chi connectivity index (χ0) is 22.9. The zero-order valence-corrected chi connectivity index (χ0v) is 18.0. The van der Waals surface area contributed by atoms with Crippen molar-refractivity contribution in [3.63, 3.8) is 0 Å². The predicted molar refractivity (Wildman–Crippen MR) is 121 cm³/mol. The Kier molecular flexibility index (Phi) is 5.45. The van der Waals surface area contributed by atoms with Gasteiger partial charge in [-0.3, -0.25) is 14.3 Å². The molecule has 0 spiro atoms. The molecule has 2 aromatic heterocycles. The third-order valence-corrected chi connectivity index (χ3v) is 5.99. The molecule has 0 radical (unpaired) electrons. The Balaban J connectivity index is 1.55. The molecule has 4 rings (SSSR count). The molecule has 3 N–H and O–H groups in total. The number of hydrogen-bond acceptors (Lipinski definition) is 6. The van der Waals surface area contributed by atoms with Gasteiger partial charge in [-0.25, -0.2) is 18.4 Å². The highest BCUT2D eigenvalue weighted by molar-refractivity contribution is 7.92. The molecule has 10 heteroatoms. The van der Waals surface area contributed by atoms with Crippen LogP contribution in [0.4, 0.5) is 11.5 Å². The van der Waals surface area contributed by atoms with E-state index in [-0.39, 0.29) is 16.3 Å². The number of anilines is 2. The Morgan fingerprint density at radius 1 is 0.969 bits per heavy atom. The van der Waals surface area contributed by atoms with E-state index in [0.717, 1.165) is 0 Å². The highest BCUT2D eigenvalue weighted by Gasteiger charge is 2.17. The smallest absolute Gasteiger partial charge is 0.263 e. The van der Waals surface area contributed by atoms with E-state index in [2.05, 4.69) is 25.0 Å². The summed E-state index contributed by atoms with van der Waals surface area (Å²) in [6, 6.07) is 15.4. The van der Waals surface area contributed by atoms with Gasteiger partial charge in [0.2, 0.25) is 5.56 Å². The summed E-state index contributed by atoms with van der Waals surface area (Å²) in [5.74, 6) is 0.148. The molecule has 0 aliphatic heterocycles. The summed E-state index contributed by atoms with van der Waals surface area (Å²) in [6.45, 7) is 3.42. The number of benzene rings is 2. The number of nitrogens with zero attached hydrogens (tertiary/aromatic N) is 2. The maximum atomic E-state index is 12.8. The molecule has 0 atom stereocenters. The number of carbonyl (C=O) groups excluding carboxylic acids is 1. The van der Waals surface area contributed by atoms with Crippen molar-refractivity contribution in [2.75, 3.05) is 10.0 Å². The number of rotatable bonds is 5. The number of H-pyrrole nitrogens is 1. The van der Waals surface area contributed by atoms with E-state index in [0.29, 0.717) is 28.1 Å². The number of amides is 1. The number of aromatic amines is 1. The second-order valence-corrected chi connectivity index (χ2v) is 8.80. The average molecular weight is 449 g/mol. The van der Waals surface area contributed by atoms with Gasteiger partial charge in [-0.2, -0.15) is 0 Å². The molecule has 162 valence electrons. The van der Waals surface area contributed by atoms with Gasteiger partial charge in [-0.05, 0) is 44.2 Å². The first-order valence-electron chi connectivity index (χ1n) is 9.60. The van der Waals surface area contributed by atoms with E-state index in [4.69, 9.17) is 0 Å². The summed E-state index contributed by atoms with van der Waals surface area (Å²) in [5, 5.41) is 3.29. The summed E-state index contributed by atoms with van der Waals surface area (Å²) < 4.78 is 27.8. The minimum Gasteiger partial charge on any atom is -0.322 e. The number of fused-ring (bicyclic) bond motifs is 1. The number of hydrogen-bond donors (Lipinski definition) is 3. The van der Waals surface area contributed by atoms with Crippen LogP contribution in [-0.2, 0) is 10.0 Å². The highest BCUT2D eigenvalue weighted by atomic mass is 32.2. The van der Waals surface area contributed by atoms with E-state index < -0.39 is 21.5 Å². The minimum atomic E-state index is -3.88. The van der Waals surface area contributed by atoms with Crippen LogP contribution >= 0.6 is 0 Å². The number of aromatic nitrogens is 3. The van der Waals surface area contributed by atoms with Gasteiger partial charge < -0.3 is 10.3 Å². The molecule has 9 nitrogen and oxygen atoms in total. The molecule has 32 heavy (non-hydrogen) atoms. The lowest BCUT2D eigenvalue weighted by Gasteiger charge is -2.10. The number of nitrogens with one attached hydrogen (secondary N) is 3. The largest absolute Gasteiger partial charge is 0.322 e. The number of aryl methyl sites for hydroxylation is 2. The van der Waals surface area contributed by atoms with Crippen molar-refractivity contribution < 1.29 is 13.2 Å². The second kappa shape index (κ2) is 8.23.